The van der Waals surface area contributed by atoms with Crippen LogP contribution in [-0.4, -0.2) is 5.78 Å². The number of hydrogen-bond acceptors (Lipinski definition) is 1. The van der Waals surface area contributed by atoms with Crippen LogP contribution in [0.15, 0.2) is 0 Å². The Balaban J connectivity index is 2.78. The van der Waals surface area contributed by atoms with Gasteiger partial charge in [-0.3, -0.25) is 4.79 Å². The second-order valence-electron chi connectivity index (χ2n) is 4.79. The Labute approximate surface area is 106 Å². The molecule has 1 aliphatic rings. The predicted molar refractivity (Wildman–Crippen MR) is 57.1 cm³/mol. The molecular formula is C13H11F5O. The van der Waals surface area contributed by atoms with Gasteiger partial charge in [0, 0.05) is 5.56 Å². The van der Waals surface area contributed by atoms with Gasteiger partial charge >= 0.3 is 0 Å². The van der Waals surface area contributed by atoms with E-state index in [0.717, 1.165) is 6.92 Å². The molecule has 0 heterocycles. The Morgan fingerprint density at radius 2 is 1.21 bits per heavy atom. The molecule has 1 aromatic carbocycles. The van der Waals surface area contributed by atoms with Crippen molar-refractivity contribution in [3.05, 3.63) is 34.6 Å². The molecule has 0 N–H and O–H groups in total. The van der Waals surface area contributed by atoms with Crippen LogP contribution in [0.1, 0.15) is 38.2 Å². The third-order valence-electron chi connectivity index (χ3n) is 3.82. The molecule has 0 aromatic heterocycles. The van der Waals surface area contributed by atoms with E-state index in [1.54, 1.807) is 0 Å². The van der Waals surface area contributed by atoms with Crippen molar-refractivity contribution < 1.29 is 26.7 Å². The summed E-state index contributed by atoms with van der Waals surface area (Å²) < 4.78 is 67.0. The summed E-state index contributed by atoms with van der Waals surface area (Å²) in [5.74, 6) is -10.6. The molecule has 0 atom stereocenters. The highest BCUT2D eigenvalue weighted by atomic mass is 19.2. The number of rotatable bonds is 2. The third-order valence-corrected chi connectivity index (χ3v) is 3.82. The number of carbonyl (C=O) groups excluding carboxylic acids is 1. The highest BCUT2D eigenvalue weighted by Gasteiger charge is 2.46. The van der Waals surface area contributed by atoms with E-state index in [2.05, 4.69) is 0 Å². The summed E-state index contributed by atoms with van der Waals surface area (Å²) in [6.07, 6.45) is 1.22. The van der Waals surface area contributed by atoms with Crippen molar-refractivity contribution in [2.45, 2.75) is 38.0 Å². The minimum Gasteiger partial charge on any atom is -0.299 e. The Morgan fingerprint density at radius 3 is 1.58 bits per heavy atom. The lowest BCUT2D eigenvalue weighted by Crippen LogP contribution is -2.34. The van der Waals surface area contributed by atoms with E-state index in [0.29, 0.717) is 12.8 Å². The Bertz CT molecular complexity index is 517. The number of carbonyl (C=O) groups is 1. The van der Waals surface area contributed by atoms with Gasteiger partial charge in [-0.1, -0.05) is 12.8 Å². The molecule has 1 aliphatic carbocycles. The van der Waals surface area contributed by atoms with E-state index in [9.17, 15) is 26.7 Å². The lowest BCUT2D eigenvalue weighted by Gasteiger charge is -2.27. The molecule has 1 saturated carbocycles. The van der Waals surface area contributed by atoms with Gasteiger partial charge in [0.25, 0.3) is 0 Å². The molecule has 1 aromatic rings. The molecule has 2 rings (SSSR count). The minimum absolute atomic E-state index is 0.0979. The van der Waals surface area contributed by atoms with Crippen molar-refractivity contribution in [3.63, 3.8) is 0 Å². The van der Waals surface area contributed by atoms with Gasteiger partial charge in [-0.15, -0.1) is 0 Å². The summed E-state index contributed by atoms with van der Waals surface area (Å²) in [6, 6.07) is 0. The minimum atomic E-state index is -2.20. The van der Waals surface area contributed by atoms with Gasteiger partial charge in [0.1, 0.15) is 5.78 Å². The quantitative estimate of drug-likeness (QED) is 0.457. The molecule has 19 heavy (non-hydrogen) atoms. The van der Waals surface area contributed by atoms with Gasteiger partial charge in [0.2, 0.25) is 5.82 Å². The van der Waals surface area contributed by atoms with Gasteiger partial charge in [-0.2, -0.15) is 0 Å². The average Bonchev–Trinajstić information content (AvgIpc) is 2.85. The second-order valence-corrected chi connectivity index (χ2v) is 4.79. The van der Waals surface area contributed by atoms with Gasteiger partial charge in [-0.25, -0.2) is 22.0 Å². The van der Waals surface area contributed by atoms with Crippen molar-refractivity contribution in [2.75, 3.05) is 0 Å². The first kappa shape index (κ1) is 14.0. The predicted octanol–water partition coefficient (Wildman–Crippen LogP) is 3.78. The van der Waals surface area contributed by atoms with Gasteiger partial charge < -0.3 is 0 Å². The standard InChI is InChI=1S/C13H11F5O/c1-6(19)13(4-2-3-5-13)7-8(14)10(16)12(18)11(17)9(7)15/h2-5H2,1H3. The smallest absolute Gasteiger partial charge is 0.200 e. The average molecular weight is 278 g/mol. The number of halogens is 5. The first-order valence-corrected chi connectivity index (χ1v) is 5.86. The molecule has 0 amide bonds. The zero-order valence-corrected chi connectivity index (χ0v) is 10.1. The maximum atomic E-state index is 13.8. The summed E-state index contributed by atoms with van der Waals surface area (Å²) in [5.41, 5.74) is -2.57. The van der Waals surface area contributed by atoms with Crippen LogP contribution in [-0.2, 0) is 10.2 Å². The maximum absolute atomic E-state index is 13.8. The zero-order chi connectivity index (χ0) is 14.4. The summed E-state index contributed by atoms with van der Waals surface area (Å²) in [4.78, 5) is 11.7. The highest BCUT2D eigenvalue weighted by molar-refractivity contribution is 5.88. The van der Waals surface area contributed by atoms with E-state index in [1.165, 1.54) is 0 Å². The SMILES string of the molecule is CC(=O)C1(c2c(F)c(F)c(F)c(F)c2F)CCCC1. The number of benzene rings is 1. The van der Waals surface area contributed by atoms with E-state index in [1.807, 2.05) is 0 Å². The van der Waals surface area contributed by atoms with E-state index in [4.69, 9.17) is 0 Å². The maximum Gasteiger partial charge on any atom is 0.200 e. The van der Waals surface area contributed by atoms with Crippen LogP contribution >= 0.6 is 0 Å². The number of Topliss-reactive ketones (excluding diaryl/α,β-unsaturated/α-hetero) is 1. The van der Waals surface area contributed by atoms with Gasteiger partial charge in [0.15, 0.2) is 23.3 Å². The lowest BCUT2D eigenvalue weighted by atomic mass is 9.75. The van der Waals surface area contributed by atoms with Crippen LogP contribution in [0, 0.1) is 29.1 Å². The molecule has 0 spiro atoms. The molecule has 1 nitrogen and oxygen atoms in total. The summed E-state index contributed by atoms with van der Waals surface area (Å²) in [5, 5.41) is 0. The van der Waals surface area contributed by atoms with Crippen molar-refractivity contribution in [1.29, 1.82) is 0 Å². The van der Waals surface area contributed by atoms with Gasteiger partial charge in [-0.05, 0) is 19.8 Å². The molecule has 1 fully saturated rings. The Kier molecular flexibility index (Phi) is 3.36. The third kappa shape index (κ3) is 1.84. The monoisotopic (exact) mass is 278 g/mol. The summed E-state index contributed by atoms with van der Waals surface area (Å²) in [6.45, 7) is 1.11. The summed E-state index contributed by atoms with van der Waals surface area (Å²) >= 11 is 0. The van der Waals surface area contributed by atoms with Crippen LogP contribution in [0.25, 0.3) is 0 Å². The van der Waals surface area contributed by atoms with E-state index >= 15 is 0 Å². The first-order valence-electron chi connectivity index (χ1n) is 5.86. The second kappa shape index (κ2) is 4.58. The molecule has 0 unspecified atom stereocenters. The fourth-order valence-corrected chi connectivity index (χ4v) is 2.78. The van der Waals surface area contributed by atoms with E-state index in [-0.39, 0.29) is 12.8 Å². The molecule has 0 aliphatic heterocycles. The summed E-state index contributed by atoms with van der Waals surface area (Å²) in [7, 11) is 0. The van der Waals surface area contributed by atoms with E-state index < -0.39 is 45.8 Å². The molecule has 0 bridgehead atoms. The number of ketones is 1. The zero-order valence-electron chi connectivity index (χ0n) is 10.1. The normalized spacial score (nSPS) is 17.8. The lowest BCUT2D eigenvalue weighted by molar-refractivity contribution is -0.122. The molecular weight excluding hydrogens is 267 g/mol. The van der Waals surface area contributed by atoms with Crippen LogP contribution in [0.5, 0.6) is 0 Å². The molecule has 0 radical (unpaired) electrons. The van der Waals surface area contributed by atoms with Crippen LogP contribution in [0.2, 0.25) is 0 Å². The first-order chi connectivity index (χ1) is 8.83. The largest absolute Gasteiger partial charge is 0.299 e. The molecule has 6 heteroatoms. The van der Waals surface area contributed by atoms with Crippen molar-refractivity contribution in [1.82, 2.24) is 0 Å². The van der Waals surface area contributed by atoms with Crippen LogP contribution in [0.4, 0.5) is 22.0 Å². The fraction of sp³-hybridized carbons (Fsp3) is 0.462. The Morgan fingerprint density at radius 1 is 0.842 bits per heavy atom. The Hall–Kier alpha value is -1.46. The number of hydrogen-bond donors (Lipinski definition) is 0. The highest BCUT2D eigenvalue weighted by Crippen LogP contribution is 2.45. The van der Waals surface area contributed by atoms with Crippen molar-refractivity contribution in [2.24, 2.45) is 0 Å². The topological polar surface area (TPSA) is 17.1 Å². The fourth-order valence-electron chi connectivity index (χ4n) is 2.78. The van der Waals surface area contributed by atoms with Crippen molar-refractivity contribution in [3.8, 4) is 0 Å². The van der Waals surface area contributed by atoms with Crippen LogP contribution in [0.3, 0.4) is 0 Å². The molecule has 0 saturated heterocycles. The van der Waals surface area contributed by atoms with Gasteiger partial charge in [0.05, 0.1) is 5.41 Å². The molecule has 104 valence electrons. The van der Waals surface area contributed by atoms with Crippen molar-refractivity contribution >= 4 is 5.78 Å². The van der Waals surface area contributed by atoms with Crippen LogP contribution < -0.4 is 0 Å².